The Balaban J connectivity index is 1.60. The summed E-state index contributed by atoms with van der Waals surface area (Å²) in [6.45, 7) is 4.26. The van der Waals surface area contributed by atoms with Gasteiger partial charge >= 0.3 is 0 Å². The molecule has 0 aromatic carbocycles. The Kier molecular flexibility index (Phi) is 3.98. The molecule has 1 aliphatic rings. The zero-order chi connectivity index (χ0) is 13.8. The van der Waals surface area contributed by atoms with Crippen molar-refractivity contribution in [3.63, 3.8) is 0 Å². The molecule has 20 heavy (non-hydrogen) atoms. The monoisotopic (exact) mass is 275 g/mol. The van der Waals surface area contributed by atoms with Gasteiger partial charge in [0.15, 0.2) is 0 Å². The van der Waals surface area contributed by atoms with E-state index in [1.54, 1.807) is 12.4 Å². The molecule has 1 fully saturated rings. The van der Waals surface area contributed by atoms with E-state index in [0.717, 1.165) is 31.5 Å². The first-order valence-corrected chi connectivity index (χ1v) is 6.75. The van der Waals surface area contributed by atoms with Gasteiger partial charge in [0.1, 0.15) is 6.61 Å². The van der Waals surface area contributed by atoms with Gasteiger partial charge in [-0.1, -0.05) is 5.16 Å². The van der Waals surface area contributed by atoms with E-state index < -0.39 is 0 Å². The van der Waals surface area contributed by atoms with Crippen LogP contribution in [-0.4, -0.2) is 39.3 Å². The molecule has 0 atom stereocenters. The van der Waals surface area contributed by atoms with Crippen molar-refractivity contribution in [1.29, 1.82) is 0 Å². The van der Waals surface area contributed by atoms with E-state index in [2.05, 4.69) is 25.4 Å². The van der Waals surface area contributed by atoms with Gasteiger partial charge in [-0.3, -0.25) is 0 Å². The molecule has 0 bridgehead atoms. The first-order chi connectivity index (χ1) is 9.81. The predicted octanol–water partition coefficient (Wildman–Crippen LogP) is 1.10. The molecule has 0 amide bonds. The zero-order valence-electron chi connectivity index (χ0n) is 11.4. The molecule has 0 unspecified atom stereocenters. The highest BCUT2D eigenvalue weighted by molar-refractivity contribution is 5.40. The number of nitrogens with zero attached hydrogens (tertiary/aromatic N) is 4. The molecule has 106 valence electrons. The minimum atomic E-state index is 0.266. The molecule has 2 aromatic rings. The molecule has 3 rings (SSSR count). The van der Waals surface area contributed by atoms with Crippen LogP contribution in [0.2, 0.25) is 0 Å². The normalized spacial score (nSPS) is 16.4. The molecule has 7 nitrogen and oxygen atoms in total. The van der Waals surface area contributed by atoms with E-state index >= 15 is 0 Å². The molecule has 1 aliphatic heterocycles. The van der Waals surface area contributed by atoms with Crippen LogP contribution in [0.3, 0.4) is 0 Å². The first kappa shape index (κ1) is 13.1. The fourth-order valence-corrected chi connectivity index (χ4v) is 2.06. The van der Waals surface area contributed by atoms with Gasteiger partial charge in [0.2, 0.25) is 11.6 Å². The number of ether oxygens (including phenoxy) is 1. The Hall–Kier alpha value is -1.86. The summed E-state index contributed by atoms with van der Waals surface area (Å²) in [5, 5.41) is 7.17. The highest BCUT2D eigenvalue weighted by atomic mass is 16.5. The Morgan fingerprint density at radius 2 is 2.00 bits per heavy atom. The van der Waals surface area contributed by atoms with Crippen LogP contribution in [-0.2, 0) is 11.3 Å². The van der Waals surface area contributed by atoms with E-state index in [1.807, 2.05) is 6.92 Å². The SMILES string of the molecule is Cc1cnc(-c2noc(COC3CCNCC3)n2)nc1. The average molecular weight is 275 g/mol. The number of rotatable bonds is 4. The van der Waals surface area contributed by atoms with Crippen molar-refractivity contribution in [1.82, 2.24) is 25.4 Å². The van der Waals surface area contributed by atoms with Gasteiger partial charge in [-0.15, -0.1) is 0 Å². The Labute approximate surface area is 116 Å². The van der Waals surface area contributed by atoms with E-state index in [-0.39, 0.29) is 6.10 Å². The van der Waals surface area contributed by atoms with Crippen LogP contribution in [0.1, 0.15) is 24.3 Å². The summed E-state index contributed by atoms with van der Waals surface area (Å²) in [6, 6.07) is 0. The van der Waals surface area contributed by atoms with Gasteiger partial charge in [0, 0.05) is 12.4 Å². The van der Waals surface area contributed by atoms with E-state index in [1.165, 1.54) is 0 Å². The van der Waals surface area contributed by atoms with Crippen molar-refractivity contribution in [3.05, 3.63) is 23.8 Å². The lowest BCUT2D eigenvalue weighted by atomic mass is 10.1. The minimum Gasteiger partial charge on any atom is -0.368 e. The first-order valence-electron chi connectivity index (χ1n) is 6.75. The van der Waals surface area contributed by atoms with Crippen LogP contribution in [0.4, 0.5) is 0 Å². The standard InChI is InChI=1S/C13H17N5O2/c1-9-6-15-12(16-7-9)13-17-11(20-18-13)8-19-10-2-4-14-5-3-10/h6-7,10,14H,2-5,8H2,1H3. The van der Waals surface area contributed by atoms with E-state index in [4.69, 9.17) is 9.26 Å². The molecular weight excluding hydrogens is 258 g/mol. The van der Waals surface area contributed by atoms with Gasteiger partial charge < -0.3 is 14.6 Å². The van der Waals surface area contributed by atoms with Crippen LogP contribution < -0.4 is 5.32 Å². The van der Waals surface area contributed by atoms with Crippen molar-refractivity contribution in [3.8, 4) is 11.6 Å². The molecule has 1 saturated heterocycles. The second kappa shape index (κ2) is 6.06. The topological polar surface area (TPSA) is 86.0 Å². The van der Waals surface area contributed by atoms with Crippen molar-refractivity contribution >= 4 is 0 Å². The van der Waals surface area contributed by atoms with Crippen LogP contribution >= 0.6 is 0 Å². The Morgan fingerprint density at radius 1 is 1.25 bits per heavy atom. The largest absolute Gasteiger partial charge is 0.368 e. The van der Waals surface area contributed by atoms with Crippen molar-refractivity contribution in [2.24, 2.45) is 0 Å². The van der Waals surface area contributed by atoms with Crippen LogP contribution in [0.25, 0.3) is 11.6 Å². The van der Waals surface area contributed by atoms with Crippen LogP contribution in [0, 0.1) is 6.92 Å². The minimum absolute atomic E-state index is 0.266. The van der Waals surface area contributed by atoms with Gasteiger partial charge in [0.05, 0.1) is 6.10 Å². The zero-order valence-corrected chi connectivity index (χ0v) is 11.4. The van der Waals surface area contributed by atoms with Crippen molar-refractivity contribution in [2.75, 3.05) is 13.1 Å². The molecule has 2 aromatic heterocycles. The molecule has 0 radical (unpaired) electrons. The van der Waals surface area contributed by atoms with Gasteiger partial charge in [-0.25, -0.2) is 9.97 Å². The number of aromatic nitrogens is 4. The molecule has 0 aliphatic carbocycles. The molecule has 3 heterocycles. The fourth-order valence-electron chi connectivity index (χ4n) is 2.06. The lowest BCUT2D eigenvalue weighted by Gasteiger charge is -2.21. The quantitative estimate of drug-likeness (QED) is 0.894. The van der Waals surface area contributed by atoms with Crippen LogP contribution in [0.5, 0.6) is 0 Å². The summed E-state index contributed by atoms with van der Waals surface area (Å²) >= 11 is 0. The summed E-state index contributed by atoms with van der Waals surface area (Å²) < 4.78 is 10.9. The number of piperidine rings is 1. The van der Waals surface area contributed by atoms with Gasteiger partial charge in [-0.2, -0.15) is 4.98 Å². The summed E-state index contributed by atoms with van der Waals surface area (Å²) in [5.74, 6) is 1.32. The third-order valence-corrected chi connectivity index (χ3v) is 3.18. The molecule has 0 saturated carbocycles. The highest BCUT2D eigenvalue weighted by Gasteiger charge is 2.16. The predicted molar refractivity (Wildman–Crippen MR) is 70.7 cm³/mol. The summed E-state index contributed by atoms with van der Waals surface area (Å²) in [6.07, 6.45) is 5.75. The molecule has 0 spiro atoms. The summed E-state index contributed by atoms with van der Waals surface area (Å²) in [4.78, 5) is 12.6. The maximum absolute atomic E-state index is 5.76. The Bertz CT molecular complexity index is 548. The van der Waals surface area contributed by atoms with E-state index in [9.17, 15) is 0 Å². The number of aryl methyl sites for hydroxylation is 1. The van der Waals surface area contributed by atoms with E-state index in [0.29, 0.717) is 24.1 Å². The van der Waals surface area contributed by atoms with Crippen molar-refractivity contribution < 1.29 is 9.26 Å². The smallest absolute Gasteiger partial charge is 0.253 e. The summed E-state index contributed by atoms with van der Waals surface area (Å²) in [7, 11) is 0. The third-order valence-electron chi connectivity index (χ3n) is 3.18. The molecular formula is C13H17N5O2. The van der Waals surface area contributed by atoms with Gasteiger partial charge in [0.25, 0.3) is 5.89 Å². The summed E-state index contributed by atoms with van der Waals surface area (Å²) in [5.41, 5.74) is 0.992. The molecule has 1 N–H and O–H groups in total. The lowest BCUT2D eigenvalue weighted by Crippen LogP contribution is -2.32. The van der Waals surface area contributed by atoms with Gasteiger partial charge in [-0.05, 0) is 38.4 Å². The number of hydrogen-bond donors (Lipinski definition) is 1. The second-order valence-electron chi connectivity index (χ2n) is 4.86. The van der Waals surface area contributed by atoms with Crippen LogP contribution in [0.15, 0.2) is 16.9 Å². The molecule has 7 heteroatoms. The maximum atomic E-state index is 5.76. The number of hydrogen-bond acceptors (Lipinski definition) is 7. The highest BCUT2D eigenvalue weighted by Crippen LogP contribution is 2.13. The third kappa shape index (κ3) is 3.17. The lowest BCUT2D eigenvalue weighted by molar-refractivity contribution is 0.00859. The maximum Gasteiger partial charge on any atom is 0.253 e. The number of nitrogens with one attached hydrogen (secondary N) is 1. The Morgan fingerprint density at radius 3 is 2.75 bits per heavy atom. The fraction of sp³-hybridized carbons (Fsp3) is 0.538. The average Bonchev–Trinajstić information content (AvgIpc) is 2.96. The van der Waals surface area contributed by atoms with Crippen molar-refractivity contribution in [2.45, 2.75) is 32.5 Å². The second-order valence-corrected chi connectivity index (χ2v) is 4.86.